The van der Waals surface area contributed by atoms with Crippen molar-refractivity contribution in [1.29, 1.82) is 0 Å². The van der Waals surface area contributed by atoms with Crippen LogP contribution in [0.3, 0.4) is 0 Å². The summed E-state index contributed by atoms with van der Waals surface area (Å²) in [5.41, 5.74) is -1.23. The molecule has 0 aromatic heterocycles. The molecule has 0 spiro atoms. The summed E-state index contributed by atoms with van der Waals surface area (Å²) >= 11 is 5.73. The van der Waals surface area contributed by atoms with Gasteiger partial charge in [-0.2, -0.15) is 0 Å². The number of hydrogen-bond acceptors (Lipinski definition) is 0. The average Bonchev–Trinajstić information content (AvgIpc) is 2.02. The highest BCUT2D eigenvalue weighted by Crippen LogP contribution is 2.46. The molecule has 14 heavy (non-hydrogen) atoms. The zero-order valence-corrected chi connectivity index (χ0v) is 9.20. The van der Waals surface area contributed by atoms with Gasteiger partial charge in [-0.15, -0.1) is 0 Å². The molecule has 0 aliphatic rings. The van der Waals surface area contributed by atoms with Gasteiger partial charge in [0.1, 0.15) is 0 Å². The summed E-state index contributed by atoms with van der Waals surface area (Å²) in [6.07, 6.45) is 0. The molecular formula is C11H13ClF2. The van der Waals surface area contributed by atoms with Crippen molar-refractivity contribution in [2.24, 2.45) is 5.41 Å². The Balaban J connectivity index is 3.23. The lowest BCUT2D eigenvalue weighted by atomic mass is 9.83. The van der Waals surface area contributed by atoms with Crippen LogP contribution in [-0.4, -0.2) is 0 Å². The summed E-state index contributed by atoms with van der Waals surface area (Å²) in [5, 5.41) is 0.118. The minimum atomic E-state index is -2.91. The number of rotatable bonds is 1. The summed E-state index contributed by atoms with van der Waals surface area (Å²) in [7, 11) is 0. The Kier molecular flexibility index (Phi) is 2.86. The highest BCUT2D eigenvalue weighted by Gasteiger charge is 2.45. The van der Waals surface area contributed by atoms with Crippen LogP contribution in [0.1, 0.15) is 26.3 Å². The molecule has 0 fully saturated rings. The molecule has 0 unspecified atom stereocenters. The molecular weight excluding hydrogens is 206 g/mol. The second kappa shape index (κ2) is 3.50. The van der Waals surface area contributed by atoms with Crippen LogP contribution in [0.2, 0.25) is 5.02 Å². The second-order valence-electron chi connectivity index (χ2n) is 4.30. The minimum absolute atomic E-state index is 0.103. The van der Waals surface area contributed by atoms with Gasteiger partial charge in [0, 0.05) is 16.0 Å². The third kappa shape index (κ3) is 1.90. The van der Waals surface area contributed by atoms with Gasteiger partial charge in [0.15, 0.2) is 0 Å². The zero-order chi connectivity index (χ0) is 11.0. The largest absolute Gasteiger partial charge is 0.279 e. The van der Waals surface area contributed by atoms with Crippen molar-refractivity contribution in [2.75, 3.05) is 0 Å². The first-order chi connectivity index (χ1) is 6.27. The van der Waals surface area contributed by atoms with Crippen molar-refractivity contribution < 1.29 is 8.78 Å². The molecule has 0 saturated carbocycles. The van der Waals surface area contributed by atoms with E-state index in [0.29, 0.717) is 0 Å². The quantitative estimate of drug-likeness (QED) is 0.652. The standard InChI is InChI=1S/C11H13ClF2/c1-10(2,3)11(13,14)8-6-4-5-7-9(8)12/h4-7H,1-3H3. The molecule has 0 N–H and O–H groups in total. The number of hydrogen-bond donors (Lipinski definition) is 0. The van der Waals surface area contributed by atoms with Gasteiger partial charge in [0.25, 0.3) is 5.92 Å². The Bertz CT molecular complexity index is 326. The monoisotopic (exact) mass is 218 g/mol. The summed E-state index contributed by atoms with van der Waals surface area (Å²) in [5.74, 6) is -2.91. The topological polar surface area (TPSA) is 0 Å². The van der Waals surface area contributed by atoms with Gasteiger partial charge in [-0.1, -0.05) is 50.6 Å². The van der Waals surface area contributed by atoms with Crippen LogP contribution in [0.4, 0.5) is 8.78 Å². The van der Waals surface area contributed by atoms with E-state index in [4.69, 9.17) is 11.6 Å². The Labute approximate surface area is 87.9 Å². The number of alkyl halides is 2. The van der Waals surface area contributed by atoms with Gasteiger partial charge in [-0.25, -0.2) is 8.78 Å². The van der Waals surface area contributed by atoms with E-state index in [1.807, 2.05) is 0 Å². The third-order valence-corrected chi connectivity index (χ3v) is 2.48. The molecule has 1 aromatic rings. The lowest BCUT2D eigenvalue weighted by Crippen LogP contribution is -2.31. The molecule has 0 bridgehead atoms. The van der Waals surface area contributed by atoms with Crippen LogP contribution in [0.15, 0.2) is 24.3 Å². The maximum Gasteiger partial charge on any atom is 0.279 e. The Morgan fingerprint density at radius 2 is 1.57 bits per heavy atom. The second-order valence-corrected chi connectivity index (χ2v) is 4.71. The van der Waals surface area contributed by atoms with E-state index in [2.05, 4.69) is 0 Å². The zero-order valence-electron chi connectivity index (χ0n) is 8.44. The van der Waals surface area contributed by atoms with Crippen molar-refractivity contribution >= 4 is 11.6 Å². The van der Waals surface area contributed by atoms with Crippen molar-refractivity contribution in [3.8, 4) is 0 Å². The maximum atomic E-state index is 13.8. The number of halogens is 3. The average molecular weight is 219 g/mol. The highest BCUT2D eigenvalue weighted by atomic mass is 35.5. The Morgan fingerprint density at radius 3 is 2.00 bits per heavy atom. The van der Waals surface area contributed by atoms with E-state index in [1.54, 1.807) is 12.1 Å². The fraction of sp³-hybridized carbons (Fsp3) is 0.455. The van der Waals surface area contributed by atoms with E-state index in [9.17, 15) is 8.78 Å². The smallest absolute Gasteiger partial charge is 0.201 e. The maximum absolute atomic E-state index is 13.8. The van der Waals surface area contributed by atoms with E-state index < -0.39 is 11.3 Å². The lowest BCUT2D eigenvalue weighted by Gasteiger charge is -2.31. The molecule has 0 saturated heterocycles. The third-order valence-electron chi connectivity index (χ3n) is 2.15. The van der Waals surface area contributed by atoms with E-state index in [0.717, 1.165) is 0 Å². The molecule has 0 heterocycles. The van der Waals surface area contributed by atoms with Crippen LogP contribution in [0.25, 0.3) is 0 Å². The lowest BCUT2D eigenvalue weighted by molar-refractivity contribution is -0.104. The molecule has 1 rings (SSSR count). The fourth-order valence-electron chi connectivity index (χ4n) is 1.12. The molecule has 78 valence electrons. The Morgan fingerprint density at radius 1 is 1.07 bits per heavy atom. The van der Waals surface area contributed by atoms with E-state index in [-0.39, 0.29) is 10.6 Å². The van der Waals surface area contributed by atoms with Crippen LogP contribution >= 0.6 is 11.6 Å². The Hall–Kier alpha value is -0.630. The van der Waals surface area contributed by atoms with Crippen molar-refractivity contribution in [1.82, 2.24) is 0 Å². The van der Waals surface area contributed by atoms with E-state index in [1.165, 1.54) is 32.9 Å². The predicted molar refractivity (Wildman–Crippen MR) is 54.8 cm³/mol. The first-order valence-electron chi connectivity index (χ1n) is 4.39. The van der Waals surface area contributed by atoms with Crippen LogP contribution in [0, 0.1) is 5.41 Å². The SMILES string of the molecule is CC(C)(C)C(F)(F)c1ccccc1Cl. The molecule has 0 radical (unpaired) electrons. The highest BCUT2D eigenvalue weighted by molar-refractivity contribution is 6.31. The predicted octanol–water partition coefficient (Wildman–Crippen LogP) is 4.48. The molecule has 0 nitrogen and oxygen atoms in total. The van der Waals surface area contributed by atoms with Gasteiger partial charge in [-0.3, -0.25) is 0 Å². The van der Waals surface area contributed by atoms with Crippen molar-refractivity contribution in [3.05, 3.63) is 34.9 Å². The fourth-order valence-corrected chi connectivity index (χ4v) is 1.37. The van der Waals surface area contributed by atoms with Gasteiger partial charge in [-0.05, 0) is 6.07 Å². The van der Waals surface area contributed by atoms with Crippen molar-refractivity contribution in [2.45, 2.75) is 26.7 Å². The van der Waals surface area contributed by atoms with Crippen LogP contribution < -0.4 is 0 Å². The minimum Gasteiger partial charge on any atom is -0.201 e. The summed E-state index contributed by atoms with van der Waals surface area (Å²) < 4.78 is 27.7. The van der Waals surface area contributed by atoms with Crippen LogP contribution in [-0.2, 0) is 5.92 Å². The van der Waals surface area contributed by atoms with Gasteiger partial charge in [0.2, 0.25) is 0 Å². The molecule has 1 aromatic carbocycles. The molecule has 3 heteroatoms. The summed E-state index contributed by atoms with van der Waals surface area (Å²) in [6.45, 7) is 4.49. The normalized spacial score (nSPS) is 13.0. The summed E-state index contributed by atoms with van der Waals surface area (Å²) in [6, 6.07) is 6.07. The first-order valence-corrected chi connectivity index (χ1v) is 4.77. The van der Waals surface area contributed by atoms with Crippen molar-refractivity contribution in [3.63, 3.8) is 0 Å². The first kappa shape index (κ1) is 11.4. The number of benzene rings is 1. The van der Waals surface area contributed by atoms with Gasteiger partial charge < -0.3 is 0 Å². The van der Waals surface area contributed by atoms with E-state index >= 15 is 0 Å². The van der Waals surface area contributed by atoms with Gasteiger partial charge >= 0.3 is 0 Å². The van der Waals surface area contributed by atoms with Crippen LogP contribution in [0.5, 0.6) is 0 Å². The molecule has 0 aliphatic heterocycles. The molecule has 0 atom stereocenters. The molecule has 0 amide bonds. The molecule has 0 aliphatic carbocycles. The van der Waals surface area contributed by atoms with Gasteiger partial charge in [0.05, 0.1) is 0 Å². The summed E-state index contributed by atoms with van der Waals surface area (Å²) in [4.78, 5) is 0.